The Morgan fingerprint density at radius 3 is 1.56 bits per heavy atom. The maximum absolute atomic E-state index is 6.37. The number of anilines is 3. The lowest BCUT2D eigenvalue weighted by Crippen LogP contribution is -2.11. The molecule has 2 aromatic heterocycles. The van der Waals surface area contributed by atoms with Crippen LogP contribution in [0.4, 0.5) is 17.1 Å². The van der Waals surface area contributed by atoms with Crippen LogP contribution in [0.15, 0.2) is 235 Å². The molecule has 10 aromatic carbocycles. The lowest BCUT2D eigenvalue weighted by molar-refractivity contribution is 0.669. The first-order chi connectivity index (χ1) is 30.2. The predicted octanol–water partition coefficient (Wildman–Crippen LogP) is 16.3. The summed E-state index contributed by atoms with van der Waals surface area (Å²) in [5.41, 5.74) is 15.5. The van der Waals surface area contributed by atoms with Gasteiger partial charge in [-0.05, 0) is 111 Å². The van der Waals surface area contributed by atoms with Crippen LogP contribution in [0.3, 0.4) is 0 Å². The zero-order valence-electron chi connectivity index (χ0n) is 33.2. The zero-order chi connectivity index (χ0) is 40.3. The van der Waals surface area contributed by atoms with Crippen molar-refractivity contribution in [2.24, 2.45) is 0 Å². The predicted molar refractivity (Wildman–Crippen MR) is 257 cm³/mol. The molecule has 12 aromatic rings. The molecule has 286 valence electrons. The fourth-order valence-corrected chi connectivity index (χ4v) is 9.30. The first-order valence-electron chi connectivity index (χ1n) is 20.8. The van der Waals surface area contributed by atoms with Crippen molar-refractivity contribution >= 4 is 71.6 Å². The Hall–Kier alpha value is -8.14. The van der Waals surface area contributed by atoms with Crippen LogP contribution >= 0.6 is 0 Å². The van der Waals surface area contributed by atoms with Crippen molar-refractivity contribution in [3.05, 3.63) is 231 Å². The quantitative estimate of drug-likeness (QED) is 0.161. The van der Waals surface area contributed by atoms with Crippen molar-refractivity contribution in [2.75, 3.05) is 4.90 Å². The Morgan fingerprint density at radius 2 is 0.852 bits per heavy atom. The Kier molecular flexibility index (Phi) is 8.17. The minimum absolute atomic E-state index is 0.883. The van der Waals surface area contributed by atoms with E-state index in [-0.39, 0.29) is 0 Å². The standard InChI is InChI=1S/C58H38N2O/c1-2-13-43-38-44(25-24-39(43)12-1)42-30-34-46(35-31-42)59(53-19-7-5-16-50(53)51-18-11-23-57-58(51)52-17-6-10-22-56(52)61-57)45-32-26-40(27-33-45)41-28-36-47(37-29-41)60-54-20-8-3-14-48(54)49-15-4-9-21-55(49)60/h1-38H. The van der Waals surface area contributed by atoms with Gasteiger partial charge in [-0.25, -0.2) is 0 Å². The van der Waals surface area contributed by atoms with Crippen LogP contribution in [0.1, 0.15) is 0 Å². The SMILES string of the molecule is c1ccc(N(c2ccc(-c3ccc(-n4c5ccccc5c5ccccc54)cc3)cc2)c2ccc(-c3ccc4ccccc4c3)cc2)c(-c2cccc3oc4ccccc4c23)c1. The van der Waals surface area contributed by atoms with Gasteiger partial charge in [0.2, 0.25) is 0 Å². The fourth-order valence-electron chi connectivity index (χ4n) is 9.30. The Balaban J connectivity index is 0.958. The van der Waals surface area contributed by atoms with Crippen molar-refractivity contribution in [2.45, 2.75) is 0 Å². The van der Waals surface area contributed by atoms with Gasteiger partial charge < -0.3 is 13.9 Å². The number of nitrogens with zero attached hydrogens (tertiary/aromatic N) is 2. The summed E-state index contributed by atoms with van der Waals surface area (Å²) < 4.78 is 8.74. The van der Waals surface area contributed by atoms with Crippen LogP contribution in [0.25, 0.3) is 93.6 Å². The molecular formula is C58H38N2O. The van der Waals surface area contributed by atoms with Crippen LogP contribution in [0.2, 0.25) is 0 Å². The molecule has 0 aliphatic carbocycles. The van der Waals surface area contributed by atoms with E-state index in [0.29, 0.717) is 0 Å². The highest BCUT2D eigenvalue weighted by molar-refractivity contribution is 6.14. The molecule has 0 aliphatic heterocycles. The van der Waals surface area contributed by atoms with E-state index in [1.54, 1.807) is 0 Å². The molecule has 12 rings (SSSR count). The third-order valence-corrected chi connectivity index (χ3v) is 12.2. The average molecular weight is 779 g/mol. The topological polar surface area (TPSA) is 21.3 Å². The summed E-state index contributed by atoms with van der Waals surface area (Å²) in [6, 6.07) is 82.9. The number of para-hydroxylation sites is 4. The van der Waals surface area contributed by atoms with Gasteiger partial charge in [-0.15, -0.1) is 0 Å². The third kappa shape index (κ3) is 5.90. The lowest BCUT2D eigenvalue weighted by atomic mass is 9.96. The molecule has 0 atom stereocenters. The molecule has 0 aliphatic rings. The molecule has 2 heterocycles. The second-order valence-corrected chi connectivity index (χ2v) is 15.7. The highest BCUT2D eigenvalue weighted by atomic mass is 16.3. The van der Waals surface area contributed by atoms with Gasteiger partial charge in [-0.2, -0.15) is 0 Å². The molecule has 0 spiro atoms. The number of fused-ring (bicyclic) bond motifs is 7. The number of benzene rings is 10. The molecule has 0 N–H and O–H groups in total. The summed E-state index contributed by atoms with van der Waals surface area (Å²) in [7, 11) is 0. The number of hydrogen-bond acceptors (Lipinski definition) is 2. The monoisotopic (exact) mass is 778 g/mol. The van der Waals surface area contributed by atoms with Gasteiger partial charge in [0, 0.05) is 44.2 Å². The molecular weight excluding hydrogens is 741 g/mol. The molecule has 3 nitrogen and oxygen atoms in total. The van der Waals surface area contributed by atoms with Crippen LogP contribution in [-0.4, -0.2) is 4.57 Å². The lowest BCUT2D eigenvalue weighted by Gasteiger charge is -2.28. The van der Waals surface area contributed by atoms with E-state index >= 15 is 0 Å². The van der Waals surface area contributed by atoms with E-state index in [9.17, 15) is 0 Å². The second-order valence-electron chi connectivity index (χ2n) is 15.7. The molecule has 3 heteroatoms. The summed E-state index contributed by atoms with van der Waals surface area (Å²) in [4.78, 5) is 2.38. The zero-order valence-corrected chi connectivity index (χ0v) is 33.2. The van der Waals surface area contributed by atoms with Crippen LogP contribution in [0.5, 0.6) is 0 Å². The Bertz CT molecular complexity index is 3520. The fraction of sp³-hybridized carbons (Fsp3) is 0. The first kappa shape index (κ1) is 34.9. The van der Waals surface area contributed by atoms with Crippen LogP contribution in [-0.2, 0) is 0 Å². The smallest absolute Gasteiger partial charge is 0.136 e. The number of hydrogen-bond donors (Lipinski definition) is 0. The first-order valence-corrected chi connectivity index (χ1v) is 20.8. The van der Waals surface area contributed by atoms with Gasteiger partial charge in [0.1, 0.15) is 11.2 Å². The van der Waals surface area contributed by atoms with Gasteiger partial charge in [0.25, 0.3) is 0 Å². The van der Waals surface area contributed by atoms with E-state index in [1.165, 1.54) is 49.3 Å². The molecule has 0 amide bonds. The molecule has 0 fully saturated rings. The Morgan fingerprint density at radius 1 is 0.344 bits per heavy atom. The number of rotatable bonds is 7. The normalized spacial score (nSPS) is 11.6. The molecule has 0 radical (unpaired) electrons. The Labute approximate surface area is 353 Å². The van der Waals surface area contributed by atoms with Crippen LogP contribution in [0, 0.1) is 0 Å². The summed E-state index contributed by atoms with van der Waals surface area (Å²) in [6.07, 6.45) is 0. The van der Waals surface area contributed by atoms with Crippen molar-refractivity contribution in [1.29, 1.82) is 0 Å². The summed E-state index contributed by atoms with van der Waals surface area (Å²) >= 11 is 0. The molecule has 0 unspecified atom stereocenters. The van der Waals surface area contributed by atoms with E-state index in [1.807, 2.05) is 12.1 Å². The van der Waals surface area contributed by atoms with Gasteiger partial charge in [-0.1, -0.05) is 158 Å². The van der Waals surface area contributed by atoms with Crippen molar-refractivity contribution in [1.82, 2.24) is 4.57 Å². The van der Waals surface area contributed by atoms with E-state index in [2.05, 4.69) is 228 Å². The third-order valence-electron chi connectivity index (χ3n) is 12.2. The van der Waals surface area contributed by atoms with Gasteiger partial charge in [0.15, 0.2) is 0 Å². The highest BCUT2D eigenvalue weighted by Crippen LogP contribution is 2.45. The van der Waals surface area contributed by atoms with Gasteiger partial charge >= 0.3 is 0 Å². The minimum atomic E-state index is 0.883. The maximum atomic E-state index is 6.37. The minimum Gasteiger partial charge on any atom is -0.456 e. The molecule has 0 saturated carbocycles. The van der Waals surface area contributed by atoms with E-state index < -0.39 is 0 Å². The van der Waals surface area contributed by atoms with E-state index in [4.69, 9.17) is 4.42 Å². The maximum Gasteiger partial charge on any atom is 0.136 e. The average Bonchev–Trinajstić information content (AvgIpc) is 3.88. The van der Waals surface area contributed by atoms with Gasteiger partial charge in [0.05, 0.1) is 16.7 Å². The van der Waals surface area contributed by atoms with Crippen LogP contribution < -0.4 is 4.90 Å². The number of aromatic nitrogens is 1. The van der Waals surface area contributed by atoms with Crippen molar-refractivity contribution < 1.29 is 4.42 Å². The van der Waals surface area contributed by atoms with Crippen molar-refractivity contribution in [3.63, 3.8) is 0 Å². The molecule has 0 saturated heterocycles. The van der Waals surface area contributed by atoms with E-state index in [0.717, 1.165) is 61.4 Å². The summed E-state index contributed by atoms with van der Waals surface area (Å²) in [5, 5.41) is 7.25. The number of furan rings is 1. The molecule has 61 heavy (non-hydrogen) atoms. The molecule has 0 bridgehead atoms. The summed E-state index contributed by atoms with van der Waals surface area (Å²) in [6.45, 7) is 0. The largest absolute Gasteiger partial charge is 0.456 e. The second kappa shape index (κ2) is 14.3. The highest BCUT2D eigenvalue weighted by Gasteiger charge is 2.21. The van der Waals surface area contributed by atoms with Gasteiger partial charge in [-0.3, -0.25) is 0 Å². The van der Waals surface area contributed by atoms with Crippen molar-refractivity contribution in [3.8, 4) is 39.1 Å². The summed E-state index contributed by atoms with van der Waals surface area (Å²) in [5.74, 6) is 0.